The predicted octanol–water partition coefficient (Wildman–Crippen LogP) is 6.47. The van der Waals surface area contributed by atoms with Crippen LogP contribution in [-0.2, 0) is 19.5 Å². The lowest BCUT2D eigenvalue weighted by Gasteiger charge is -2.28. The van der Waals surface area contributed by atoms with E-state index in [0.717, 1.165) is 71.2 Å². The fourth-order valence-corrected chi connectivity index (χ4v) is 7.56. The molecule has 0 aliphatic carbocycles. The van der Waals surface area contributed by atoms with Crippen molar-refractivity contribution in [2.75, 3.05) is 51.3 Å². The number of fused-ring (bicyclic) bond motifs is 1. The van der Waals surface area contributed by atoms with Crippen LogP contribution in [0.5, 0.6) is 0 Å². The summed E-state index contributed by atoms with van der Waals surface area (Å²) < 4.78 is 40.5. The summed E-state index contributed by atoms with van der Waals surface area (Å²) >= 11 is 1.48. The van der Waals surface area contributed by atoms with Crippen LogP contribution in [0.1, 0.15) is 52.8 Å². The first-order chi connectivity index (χ1) is 20.3. The topological polar surface area (TPSA) is 104 Å². The third-order valence-corrected chi connectivity index (χ3v) is 10.4. The Morgan fingerprint density at radius 2 is 1.74 bits per heavy atom. The molecule has 8 nitrogen and oxygen atoms in total. The molecule has 0 unspecified atom stereocenters. The SMILES string of the molecule is C/C(=C(/C#N)S(=O)(=O)NC(C)(C)CCOC(C)(C)C)c1ccc(-c2ccc3cc(NCCN4CCOCC4)ccc3c2)s1. The monoisotopic (exact) mass is 624 g/mol. The van der Waals surface area contributed by atoms with Crippen LogP contribution in [0, 0.1) is 11.3 Å². The van der Waals surface area contributed by atoms with Gasteiger partial charge in [-0.2, -0.15) is 5.26 Å². The second-order valence-electron chi connectivity index (χ2n) is 12.6. The Kier molecular flexibility index (Phi) is 10.7. The zero-order valence-corrected chi connectivity index (χ0v) is 27.8. The number of rotatable bonds is 12. The summed E-state index contributed by atoms with van der Waals surface area (Å²) in [6.45, 7) is 17.0. The van der Waals surface area contributed by atoms with Crippen LogP contribution < -0.4 is 10.0 Å². The van der Waals surface area contributed by atoms with Crippen molar-refractivity contribution < 1.29 is 17.9 Å². The minimum absolute atomic E-state index is 0.266. The van der Waals surface area contributed by atoms with Gasteiger partial charge < -0.3 is 14.8 Å². The Morgan fingerprint density at radius 1 is 1.05 bits per heavy atom. The molecule has 1 aromatic heterocycles. The summed E-state index contributed by atoms with van der Waals surface area (Å²) in [6, 6.07) is 18.5. The molecule has 2 heterocycles. The standard InChI is InChI=1S/C33H44N4O4S2/c1-24(31(23-34)43(38,39)36-33(5,6)13-18-41-32(2,3)4)29-11-12-30(42-29)27-8-7-26-22-28(10-9-25(26)21-27)35-14-15-37-16-19-40-20-17-37/h7-12,21-22,35-36H,13-20H2,1-6H3/b31-24+. The Morgan fingerprint density at radius 3 is 2.44 bits per heavy atom. The second-order valence-corrected chi connectivity index (χ2v) is 15.3. The maximum atomic E-state index is 13.3. The van der Waals surface area contributed by atoms with Crippen molar-refractivity contribution >= 4 is 43.4 Å². The maximum absolute atomic E-state index is 13.3. The van der Waals surface area contributed by atoms with E-state index in [1.807, 2.05) is 39.0 Å². The molecule has 0 amide bonds. The van der Waals surface area contributed by atoms with Crippen molar-refractivity contribution in [2.45, 2.75) is 59.1 Å². The Bertz CT molecular complexity index is 1590. The van der Waals surface area contributed by atoms with E-state index in [0.29, 0.717) is 18.6 Å². The minimum Gasteiger partial charge on any atom is -0.384 e. The van der Waals surface area contributed by atoms with E-state index in [-0.39, 0.29) is 10.5 Å². The van der Waals surface area contributed by atoms with E-state index in [1.165, 1.54) is 11.3 Å². The van der Waals surface area contributed by atoms with Crippen LogP contribution in [0.2, 0.25) is 0 Å². The Labute approximate surface area is 260 Å². The molecular weight excluding hydrogens is 581 g/mol. The summed E-state index contributed by atoms with van der Waals surface area (Å²) in [5.74, 6) is 0. The predicted molar refractivity (Wildman–Crippen MR) is 178 cm³/mol. The second kappa shape index (κ2) is 13.9. The van der Waals surface area contributed by atoms with Gasteiger partial charge in [0, 0.05) is 53.8 Å². The van der Waals surface area contributed by atoms with E-state index >= 15 is 0 Å². The molecule has 4 rings (SSSR count). The number of thiophene rings is 1. The zero-order chi connectivity index (χ0) is 31.3. The molecular formula is C33H44N4O4S2. The molecule has 0 atom stereocenters. The average molecular weight is 625 g/mol. The third-order valence-electron chi connectivity index (χ3n) is 7.34. The molecule has 1 aliphatic rings. The lowest BCUT2D eigenvalue weighted by molar-refractivity contribution is -0.0102. The highest BCUT2D eigenvalue weighted by atomic mass is 32.2. The van der Waals surface area contributed by atoms with Gasteiger partial charge in [-0.15, -0.1) is 11.3 Å². The number of nitriles is 1. The van der Waals surface area contributed by atoms with E-state index in [1.54, 1.807) is 20.8 Å². The molecule has 3 aromatic rings. The summed E-state index contributed by atoms with van der Waals surface area (Å²) in [4.78, 5) is 3.89. The van der Waals surface area contributed by atoms with Gasteiger partial charge in [0.15, 0.2) is 4.91 Å². The molecule has 0 radical (unpaired) electrons. The molecule has 10 heteroatoms. The summed E-state index contributed by atoms with van der Waals surface area (Å²) in [6.07, 6.45) is 0.471. The molecule has 0 spiro atoms. The average Bonchev–Trinajstić information content (AvgIpc) is 3.42. The van der Waals surface area contributed by atoms with Gasteiger partial charge in [-0.3, -0.25) is 4.90 Å². The number of anilines is 1. The Hall–Kier alpha value is -2.78. The van der Waals surface area contributed by atoms with Gasteiger partial charge in [0.1, 0.15) is 6.07 Å². The highest BCUT2D eigenvalue weighted by molar-refractivity contribution is 7.94. The van der Waals surface area contributed by atoms with Crippen LogP contribution in [0.25, 0.3) is 26.8 Å². The summed E-state index contributed by atoms with van der Waals surface area (Å²) in [7, 11) is -4.04. The van der Waals surface area contributed by atoms with Crippen molar-refractivity contribution in [1.29, 1.82) is 5.26 Å². The van der Waals surface area contributed by atoms with Crippen molar-refractivity contribution in [3.8, 4) is 16.5 Å². The maximum Gasteiger partial charge on any atom is 0.251 e. The molecule has 1 fully saturated rings. The first-order valence-corrected chi connectivity index (χ1v) is 17.0. The summed E-state index contributed by atoms with van der Waals surface area (Å²) in [5.41, 5.74) is 1.48. The van der Waals surface area contributed by atoms with Gasteiger partial charge in [-0.05, 0) is 100 Å². The van der Waals surface area contributed by atoms with Crippen molar-refractivity contribution in [1.82, 2.24) is 9.62 Å². The first-order valence-electron chi connectivity index (χ1n) is 14.7. The number of nitrogens with one attached hydrogen (secondary N) is 2. The van der Waals surface area contributed by atoms with Crippen molar-refractivity contribution in [3.63, 3.8) is 0 Å². The number of morpholine rings is 1. The van der Waals surface area contributed by atoms with Crippen LogP contribution in [-0.4, -0.2) is 70.5 Å². The Balaban J connectivity index is 1.45. The van der Waals surface area contributed by atoms with E-state index in [2.05, 4.69) is 51.3 Å². The summed E-state index contributed by atoms with van der Waals surface area (Å²) in [5, 5.41) is 15.7. The molecule has 1 aliphatic heterocycles. The third kappa shape index (κ3) is 9.35. The van der Waals surface area contributed by atoms with Gasteiger partial charge in [0.2, 0.25) is 0 Å². The highest BCUT2D eigenvalue weighted by Gasteiger charge is 2.30. The molecule has 0 bridgehead atoms. The normalized spacial score (nSPS) is 15.7. The van der Waals surface area contributed by atoms with E-state index in [4.69, 9.17) is 9.47 Å². The van der Waals surface area contributed by atoms with E-state index < -0.39 is 15.6 Å². The fraction of sp³-hybridized carbons (Fsp3) is 0.485. The molecule has 2 aromatic carbocycles. The van der Waals surface area contributed by atoms with Gasteiger partial charge in [0.05, 0.1) is 18.8 Å². The zero-order valence-electron chi connectivity index (χ0n) is 26.1. The van der Waals surface area contributed by atoms with Crippen LogP contribution in [0.3, 0.4) is 0 Å². The first kappa shape index (κ1) is 33.1. The highest BCUT2D eigenvalue weighted by Crippen LogP contribution is 2.35. The lowest BCUT2D eigenvalue weighted by Crippen LogP contribution is -2.45. The largest absolute Gasteiger partial charge is 0.384 e. The van der Waals surface area contributed by atoms with Crippen LogP contribution >= 0.6 is 11.3 Å². The van der Waals surface area contributed by atoms with Gasteiger partial charge in [0.25, 0.3) is 10.0 Å². The number of benzene rings is 2. The number of nitrogens with zero attached hydrogens (tertiary/aromatic N) is 2. The van der Waals surface area contributed by atoms with Crippen LogP contribution in [0.15, 0.2) is 53.4 Å². The number of hydrogen-bond acceptors (Lipinski definition) is 8. The van der Waals surface area contributed by atoms with Crippen molar-refractivity contribution in [3.05, 3.63) is 58.3 Å². The van der Waals surface area contributed by atoms with E-state index in [9.17, 15) is 13.7 Å². The fourth-order valence-electron chi connectivity index (χ4n) is 4.92. The molecule has 1 saturated heterocycles. The quantitative estimate of drug-likeness (QED) is 0.223. The van der Waals surface area contributed by atoms with Gasteiger partial charge >= 0.3 is 0 Å². The lowest BCUT2D eigenvalue weighted by atomic mass is 10.0. The molecule has 0 saturated carbocycles. The number of sulfonamides is 1. The van der Waals surface area contributed by atoms with Crippen molar-refractivity contribution in [2.24, 2.45) is 0 Å². The molecule has 232 valence electrons. The van der Waals surface area contributed by atoms with Gasteiger partial charge in [-0.1, -0.05) is 18.2 Å². The number of allylic oxidation sites excluding steroid dienone is 2. The number of ether oxygens (including phenoxy) is 2. The minimum atomic E-state index is -4.04. The molecule has 43 heavy (non-hydrogen) atoms. The number of hydrogen-bond donors (Lipinski definition) is 2. The van der Waals surface area contributed by atoms with Crippen LogP contribution in [0.4, 0.5) is 5.69 Å². The smallest absolute Gasteiger partial charge is 0.251 e. The molecule has 2 N–H and O–H groups in total. The van der Waals surface area contributed by atoms with Gasteiger partial charge in [-0.25, -0.2) is 13.1 Å².